The van der Waals surface area contributed by atoms with E-state index in [0.29, 0.717) is 11.4 Å². The van der Waals surface area contributed by atoms with Crippen LogP contribution in [0, 0.1) is 11.3 Å². The van der Waals surface area contributed by atoms with E-state index < -0.39 is 0 Å². The van der Waals surface area contributed by atoms with Gasteiger partial charge in [-0.1, -0.05) is 28.1 Å². The fourth-order valence-electron chi connectivity index (χ4n) is 2.12. The molecule has 0 saturated carbocycles. The van der Waals surface area contributed by atoms with Gasteiger partial charge in [-0.15, -0.1) is 0 Å². The van der Waals surface area contributed by atoms with E-state index in [2.05, 4.69) is 44.2 Å². The van der Waals surface area contributed by atoms with Crippen molar-refractivity contribution in [2.75, 3.05) is 0 Å². The molecule has 0 aliphatic carbocycles. The van der Waals surface area contributed by atoms with Crippen molar-refractivity contribution in [3.8, 4) is 6.07 Å². The van der Waals surface area contributed by atoms with Crippen molar-refractivity contribution in [1.29, 1.82) is 5.26 Å². The second-order valence-corrected chi connectivity index (χ2v) is 4.97. The highest BCUT2D eigenvalue weighted by Crippen LogP contribution is 2.32. The highest BCUT2D eigenvalue weighted by atomic mass is 79.9. The summed E-state index contributed by atoms with van der Waals surface area (Å²) >= 11 is 3.47. The fraction of sp³-hybridized carbons (Fsp3) is 0.154. The molecule has 4 nitrogen and oxygen atoms in total. The Labute approximate surface area is 113 Å². The molecule has 1 aromatic heterocycles. The lowest BCUT2D eigenvalue weighted by atomic mass is 10.0. The second-order valence-electron chi connectivity index (χ2n) is 4.06. The first-order valence-corrected chi connectivity index (χ1v) is 6.34. The average molecular weight is 301 g/mol. The van der Waals surface area contributed by atoms with Crippen LogP contribution >= 0.6 is 15.9 Å². The molecule has 2 aromatic rings. The van der Waals surface area contributed by atoms with Crippen LogP contribution in [0.5, 0.6) is 0 Å². The van der Waals surface area contributed by atoms with Gasteiger partial charge in [-0.05, 0) is 17.7 Å². The maximum atomic E-state index is 9.00. The van der Waals surface area contributed by atoms with Crippen LogP contribution in [0.25, 0.3) is 0 Å². The van der Waals surface area contributed by atoms with Crippen LogP contribution in [0.2, 0.25) is 0 Å². The third kappa shape index (κ3) is 1.75. The van der Waals surface area contributed by atoms with Crippen LogP contribution < -0.4 is 0 Å². The summed E-state index contributed by atoms with van der Waals surface area (Å²) in [5.74, 6) is 0.647. The number of aliphatic imine (C=N–C) groups is 1. The van der Waals surface area contributed by atoms with Gasteiger partial charge < -0.3 is 0 Å². The third-order valence-corrected chi connectivity index (χ3v) is 3.45. The lowest BCUT2D eigenvalue weighted by molar-refractivity contribution is 0.536. The number of rotatable bonds is 1. The fourth-order valence-corrected chi connectivity index (χ4v) is 2.54. The van der Waals surface area contributed by atoms with Crippen LogP contribution in [-0.4, -0.2) is 16.0 Å². The van der Waals surface area contributed by atoms with Crippen LogP contribution in [0.4, 0.5) is 5.82 Å². The number of aromatic nitrogens is 2. The standard InChI is InChI=1S/C13H9BrN4/c14-11-3-1-2-9(6-11)12-4-5-16-13-10(7-15)8-17-18(12)13/h1-3,5-6,8,12H,4H2. The van der Waals surface area contributed by atoms with E-state index >= 15 is 0 Å². The number of hydrogen-bond acceptors (Lipinski definition) is 3. The quantitative estimate of drug-likeness (QED) is 0.812. The minimum atomic E-state index is 0.108. The Bertz CT molecular complexity index is 666. The summed E-state index contributed by atoms with van der Waals surface area (Å²) in [5, 5.41) is 13.3. The van der Waals surface area contributed by atoms with Crippen molar-refractivity contribution < 1.29 is 0 Å². The van der Waals surface area contributed by atoms with Crippen molar-refractivity contribution in [2.45, 2.75) is 12.5 Å². The summed E-state index contributed by atoms with van der Waals surface area (Å²) < 4.78 is 2.86. The molecule has 1 atom stereocenters. The number of benzene rings is 1. The SMILES string of the molecule is N#Cc1cnn2c1N=CCC2c1cccc(Br)c1. The normalized spacial score (nSPS) is 17.2. The van der Waals surface area contributed by atoms with E-state index in [1.54, 1.807) is 6.20 Å². The molecule has 3 rings (SSSR count). The van der Waals surface area contributed by atoms with Gasteiger partial charge in [0, 0.05) is 17.1 Å². The Morgan fingerprint density at radius 2 is 2.33 bits per heavy atom. The maximum absolute atomic E-state index is 9.00. The summed E-state index contributed by atoms with van der Waals surface area (Å²) in [5.41, 5.74) is 1.68. The molecular weight excluding hydrogens is 292 g/mol. The average Bonchev–Trinajstić information content (AvgIpc) is 2.81. The maximum Gasteiger partial charge on any atom is 0.168 e. The van der Waals surface area contributed by atoms with E-state index in [0.717, 1.165) is 16.5 Å². The van der Waals surface area contributed by atoms with Gasteiger partial charge in [0.25, 0.3) is 0 Å². The van der Waals surface area contributed by atoms with Crippen molar-refractivity contribution in [3.63, 3.8) is 0 Å². The largest absolute Gasteiger partial charge is 0.241 e. The van der Waals surface area contributed by atoms with Gasteiger partial charge in [0.05, 0.1) is 12.2 Å². The first-order chi connectivity index (χ1) is 8.79. The third-order valence-electron chi connectivity index (χ3n) is 2.96. The smallest absolute Gasteiger partial charge is 0.168 e. The molecule has 5 heteroatoms. The van der Waals surface area contributed by atoms with Gasteiger partial charge in [0.1, 0.15) is 11.6 Å². The zero-order valence-electron chi connectivity index (χ0n) is 9.42. The lowest BCUT2D eigenvalue weighted by Gasteiger charge is -2.20. The minimum absolute atomic E-state index is 0.108. The highest BCUT2D eigenvalue weighted by Gasteiger charge is 2.22. The summed E-state index contributed by atoms with van der Waals surface area (Å²) in [6.45, 7) is 0. The van der Waals surface area contributed by atoms with Gasteiger partial charge in [-0.25, -0.2) is 9.67 Å². The predicted molar refractivity (Wildman–Crippen MR) is 72.0 cm³/mol. The number of fused-ring (bicyclic) bond motifs is 1. The molecular formula is C13H9BrN4. The van der Waals surface area contributed by atoms with Crippen molar-refractivity contribution in [1.82, 2.24) is 9.78 Å². The van der Waals surface area contributed by atoms with Gasteiger partial charge in [-0.3, -0.25) is 0 Å². The zero-order valence-corrected chi connectivity index (χ0v) is 11.0. The number of halogens is 1. The molecule has 0 fully saturated rings. The summed E-state index contributed by atoms with van der Waals surface area (Å²) in [6.07, 6.45) is 4.21. The molecule has 1 aromatic carbocycles. The minimum Gasteiger partial charge on any atom is -0.241 e. The van der Waals surface area contributed by atoms with E-state index in [1.165, 1.54) is 0 Å². The molecule has 1 aliphatic heterocycles. The Morgan fingerprint density at radius 1 is 1.44 bits per heavy atom. The summed E-state index contributed by atoms with van der Waals surface area (Å²) in [6, 6.07) is 10.3. The van der Waals surface area contributed by atoms with E-state index in [4.69, 9.17) is 5.26 Å². The van der Waals surface area contributed by atoms with Crippen LogP contribution in [-0.2, 0) is 0 Å². The molecule has 0 N–H and O–H groups in total. The van der Waals surface area contributed by atoms with E-state index in [1.807, 2.05) is 23.0 Å². The Morgan fingerprint density at radius 3 is 3.11 bits per heavy atom. The molecule has 1 unspecified atom stereocenters. The van der Waals surface area contributed by atoms with Crippen LogP contribution in [0.1, 0.15) is 23.6 Å². The van der Waals surface area contributed by atoms with Crippen molar-refractivity contribution in [3.05, 3.63) is 46.1 Å². The topological polar surface area (TPSA) is 54.0 Å². The Kier molecular flexibility index (Phi) is 2.73. The van der Waals surface area contributed by atoms with Gasteiger partial charge in [0.15, 0.2) is 5.82 Å². The van der Waals surface area contributed by atoms with E-state index in [9.17, 15) is 0 Å². The molecule has 1 aliphatic rings. The van der Waals surface area contributed by atoms with Gasteiger partial charge in [0.2, 0.25) is 0 Å². The summed E-state index contributed by atoms with van der Waals surface area (Å²) in [7, 11) is 0. The first-order valence-electron chi connectivity index (χ1n) is 5.55. The van der Waals surface area contributed by atoms with Crippen molar-refractivity contribution >= 4 is 28.0 Å². The Balaban J connectivity index is 2.10. The summed E-state index contributed by atoms with van der Waals surface area (Å²) in [4.78, 5) is 4.26. The van der Waals surface area contributed by atoms with E-state index in [-0.39, 0.29) is 6.04 Å². The van der Waals surface area contributed by atoms with Crippen LogP contribution in [0.15, 0.2) is 39.9 Å². The number of hydrogen-bond donors (Lipinski definition) is 0. The molecule has 0 radical (unpaired) electrons. The van der Waals surface area contributed by atoms with Crippen molar-refractivity contribution in [2.24, 2.45) is 4.99 Å². The Hall–Kier alpha value is -1.93. The van der Waals surface area contributed by atoms with Gasteiger partial charge >= 0.3 is 0 Å². The molecule has 18 heavy (non-hydrogen) atoms. The van der Waals surface area contributed by atoms with Crippen LogP contribution in [0.3, 0.4) is 0 Å². The highest BCUT2D eigenvalue weighted by molar-refractivity contribution is 9.10. The number of nitrogens with zero attached hydrogens (tertiary/aromatic N) is 4. The molecule has 0 saturated heterocycles. The molecule has 2 heterocycles. The number of nitriles is 1. The zero-order chi connectivity index (χ0) is 12.5. The molecule has 0 bridgehead atoms. The van der Waals surface area contributed by atoms with Gasteiger partial charge in [-0.2, -0.15) is 10.4 Å². The molecule has 88 valence electrons. The molecule has 0 amide bonds. The second kappa shape index (κ2) is 4.39. The predicted octanol–water partition coefficient (Wildman–Crippen LogP) is 3.21. The lowest BCUT2D eigenvalue weighted by Crippen LogP contribution is -2.15. The monoisotopic (exact) mass is 300 g/mol. The molecule has 0 spiro atoms. The first kappa shape index (κ1) is 11.2.